The molecule has 31 heavy (non-hydrogen) atoms. The van der Waals surface area contributed by atoms with Crippen molar-refractivity contribution in [2.75, 3.05) is 20.0 Å². The normalized spacial score (nSPS) is 13.3. The fourth-order valence-corrected chi connectivity index (χ4v) is 4.98. The van der Waals surface area contributed by atoms with E-state index in [1.807, 2.05) is 36.5 Å². The molecule has 1 aliphatic rings. The number of benzene rings is 1. The molecule has 0 atom stereocenters. The van der Waals surface area contributed by atoms with Crippen molar-refractivity contribution < 1.29 is 9.47 Å². The summed E-state index contributed by atoms with van der Waals surface area (Å²) >= 11 is 3.43. The third kappa shape index (κ3) is 3.82. The average molecular weight is 446 g/mol. The number of rotatable bonds is 5. The van der Waals surface area contributed by atoms with Crippen LogP contribution in [0.4, 0.5) is 0 Å². The van der Waals surface area contributed by atoms with Gasteiger partial charge in [0.25, 0.3) is 0 Å². The lowest BCUT2D eigenvalue weighted by atomic mass is 10.1. The Morgan fingerprint density at radius 3 is 2.58 bits per heavy atom. The first-order valence-corrected chi connectivity index (χ1v) is 11.6. The highest BCUT2D eigenvalue weighted by Gasteiger charge is 2.18. The van der Waals surface area contributed by atoms with Crippen LogP contribution in [0.15, 0.2) is 66.2 Å². The molecule has 0 radical (unpaired) electrons. The molecule has 154 valence electrons. The van der Waals surface area contributed by atoms with E-state index in [4.69, 9.17) is 19.4 Å². The standard InChI is InChI=1S/C24H19N3O2S2/c1-28-18-9-8-15(13-19(18)29-2)16-12-17-24(25-14-16)27-23(20-6-3-4-10-30-20)22(26-17)21-7-5-11-31-21/h3-9,11-14H,10H2,1-2H3. The maximum atomic E-state index is 5.45. The summed E-state index contributed by atoms with van der Waals surface area (Å²) in [5.41, 5.74) is 5.10. The Labute approximate surface area is 188 Å². The lowest BCUT2D eigenvalue weighted by molar-refractivity contribution is 0.355. The van der Waals surface area contributed by atoms with E-state index < -0.39 is 0 Å². The van der Waals surface area contributed by atoms with Gasteiger partial charge in [0.15, 0.2) is 17.1 Å². The molecule has 0 unspecified atom stereocenters. The van der Waals surface area contributed by atoms with Gasteiger partial charge in [0.1, 0.15) is 16.9 Å². The molecule has 3 aromatic heterocycles. The van der Waals surface area contributed by atoms with E-state index in [-0.39, 0.29) is 0 Å². The number of allylic oxidation sites excluding steroid dienone is 2. The first-order chi connectivity index (χ1) is 15.3. The first kappa shape index (κ1) is 19.8. The molecular weight excluding hydrogens is 426 g/mol. The van der Waals surface area contributed by atoms with E-state index in [1.165, 1.54) is 0 Å². The van der Waals surface area contributed by atoms with Crippen LogP contribution in [-0.2, 0) is 0 Å². The summed E-state index contributed by atoms with van der Waals surface area (Å²) in [5.74, 6) is 2.30. The van der Waals surface area contributed by atoms with Crippen LogP contribution < -0.4 is 9.47 Å². The van der Waals surface area contributed by atoms with Crippen molar-refractivity contribution in [1.82, 2.24) is 15.0 Å². The molecule has 0 saturated heterocycles. The highest BCUT2D eigenvalue weighted by atomic mass is 32.2. The van der Waals surface area contributed by atoms with Gasteiger partial charge in [-0.05, 0) is 41.3 Å². The van der Waals surface area contributed by atoms with Crippen molar-refractivity contribution in [1.29, 1.82) is 0 Å². The molecule has 1 aliphatic heterocycles. The molecule has 5 nitrogen and oxygen atoms in total. The number of thiophene rings is 1. The number of methoxy groups -OCH3 is 2. The van der Waals surface area contributed by atoms with E-state index in [0.29, 0.717) is 17.1 Å². The van der Waals surface area contributed by atoms with Gasteiger partial charge < -0.3 is 9.47 Å². The van der Waals surface area contributed by atoms with Gasteiger partial charge in [-0.3, -0.25) is 0 Å². The topological polar surface area (TPSA) is 57.1 Å². The summed E-state index contributed by atoms with van der Waals surface area (Å²) < 4.78 is 10.8. The molecule has 0 spiro atoms. The smallest absolute Gasteiger partial charge is 0.178 e. The van der Waals surface area contributed by atoms with Gasteiger partial charge in [-0.25, -0.2) is 15.0 Å². The molecule has 4 heterocycles. The molecule has 0 amide bonds. The molecule has 0 fully saturated rings. The fraction of sp³-hybridized carbons (Fsp3) is 0.125. The van der Waals surface area contributed by atoms with Crippen LogP contribution in [0.3, 0.4) is 0 Å². The van der Waals surface area contributed by atoms with Crippen molar-refractivity contribution >= 4 is 39.2 Å². The van der Waals surface area contributed by atoms with Gasteiger partial charge in [0.05, 0.1) is 19.1 Å². The monoisotopic (exact) mass is 445 g/mol. The number of hydrogen-bond donors (Lipinski definition) is 0. The Hall–Kier alpha value is -3.16. The molecule has 7 heteroatoms. The van der Waals surface area contributed by atoms with E-state index in [1.54, 1.807) is 37.3 Å². The Morgan fingerprint density at radius 1 is 0.935 bits per heavy atom. The van der Waals surface area contributed by atoms with Crippen molar-refractivity contribution in [3.63, 3.8) is 0 Å². The van der Waals surface area contributed by atoms with Crippen LogP contribution in [0.25, 0.3) is 37.8 Å². The van der Waals surface area contributed by atoms with Gasteiger partial charge in [-0.15, -0.1) is 23.1 Å². The minimum atomic E-state index is 0.635. The van der Waals surface area contributed by atoms with Crippen LogP contribution in [-0.4, -0.2) is 34.9 Å². The molecule has 5 rings (SSSR count). The van der Waals surface area contributed by atoms with Crippen LogP contribution >= 0.6 is 23.1 Å². The lowest BCUT2D eigenvalue weighted by Crippen LogP contribution is -2.00. The minimum Gasteiger partial charge on any atom is -0.493 e. The number of nitrogens with zero attached hydrogens (tertiary/aromatic N) is 3. The predicted molar refractivity (Wildman–Crippen MR) is 129 cm³/mol. The maximum absolute atomic E-state index is 5.45. The molecular formula is C24H19N3O2S2. The van der Waals surface area contributed by atoms with Gasteiger partial charge in [-0.2, -0.15) is 0 Å². The predicted octanol–water partition coefficient (Wildman–Crippen LogP) is 6.08. The van der Waals surface area contributed by atoms with Crippen LogP contribution in [0.5, 0.6) is 11.5 Å². The van der Waals surface area contributed by atoms with E-state index in [0.717, 1.165) is 43.6 Å². The van der Waals surface area contributed by atoms with Crippen molar-refractivity contribution in [2.45, 2.75) is 0 Å². The molecule has 0 N–H and O–H groups in total. The summed E-state index contributed by atoms with van der Waals surface area (Å²) in [5, 5.41) is 2.06. The third-order valence-electron chi connectivity index (χ3n) is 4.95. The maximum Gasteiger partial charge on any atom is 0.178 e. The third-order valence-corrected chi connectivity index (χ3v) is 6.82. The van der Waals surface area contributed by atoms with E-state index in [9.17, 15) is 0 Å². The summed E-state index contributed by atoms with van der Waals surface area (Å²) in [6.45, 7) is 0. The Kier molecular flexibility index (Phi) is 5.44. The van der Waals surface area contributed by atoms with E-state index in [2.05, 4.69) is 34.7 Å². The largest absolute Gasteiger partial charge is 0.493 e. The zero-order valence-corrected chi connectivity index (χ0v) is 18.7. The Balaban J connectivity index is 1.66. The number of thioether (sulfide) groups is 1. The van der Waals surface area contributed by atoms with E-state index >= 15 is 0 Å². The second-order valence-electron chi connectivity index (χ2n) is 6.80. The second-order valence-corrected chi connectivity index (χ2v) is 8.81. The van der Waals surface area contributed by atoms with Crippen LogP contribution in [0.2, 0.25) is 0 Å². The summed E-state index contributed by atoms with van der Waals surface area (Å²) in [6.07, 6.45) is 8.14. The van der Waals surface area contributed by atoms with Gasteiger partial charge >= 0.3 is 0 Å². The number of aromatic nitrogens is 3. The quantitative estimate of drug-likeness (QED) is 0.371. The average Bonchev–Trinajstić information content (AvgIpc) is 3.38. The van der Waals surface area contributed by atoms with Gasteiger partial charge in [0, 0.05) is 22.4 Å². The SMILES string of the molecule is COc1ccc(-c2cnc3nc(C4=CC=CCS4)c(-c4cccs4)nc3c2)cc1OC. The molecule has 0 aliphatic carbocycles. The molecule has 0 bridgehead atoms. The summed E-state index contributed by atoms with van der Waals surface area (Å²) in [4.78, 5) is 16.8. The minimum absolute atomic E-state index is 0.635. The highest BCUT2D eigenvalue weighted by Crippen LogP contribution is 2.38. The van der Waals surface area contributed by atoms with Crippen LogP contribution in [0, 0.1) is 0 Å². The molecule has 0 saturated carbocycles. The number of pyridine rings is 1. The first-order valence-electron chi connectivity index (χ1n) is 9.71. The van der Waals surface area contributed by atoms with Crippen LogP contribution in [0.1, 0.15) is 5.69 Å². The summed E-state index contributed by atoms with van der Waals surface area (Å²) in [6, 6.07) is 12.0. The Morgan fingerprint density at radius 2 is 1.84 bits per heavy atom. The van der Waals surface area contributed by atoms with Gasteiger partial charge in [-0.1, -0.05) is 24.3 Å². The summed E-state index contributed by atoms with van der Waals surface area (Å²) in [7, 11) is 3.26. The Bertz CT molecular complexity index is 1310. The van der Waals surface area contributed by atoms with Crippen molar-refractivity contribution in [3.05, 3.63) is 71.9 Å². The van der Waals surface area contributed by atoms with Crippen molar-refractivity contribution in [2.24, 2.45) is 0 Å². The fourth-order valence-electron chi connectivity index (χ4n) is 3.42. The number of ether oxygens (including phenoxy) is 2. The highest BCUT2D eigenvalue weighted by molar-refractivity contribution is 8.08. The second kappa shape index (κ2) is 8.53. The lowest BCUT2D eigenvalue weighted by Gasteiger charge is -2.13. The zero-order valence-electron chi connectivity index (χ0n) is 17.0. The number of fused-ring (bicyclic) bond motifs is 1. The molecule has 4 aromatic rings. The number of hydrogen-bond acceptors (Lipinski definition) is 7. The van der Waals surface area contributed by atoms with Crippen molar-refractivity contribution in [3.8, 4) is 33.2 Å². The molecule has 1 aromatic carbocycles. The van der Waals surface area contributed by atoms with Gasteiger partial charge in [0.2, 0.25) is 0 Å². The zero-order chi connectivity index (χ0) is 21.2.